The quantitative estimate of drug-likeness (QED) is 0.494. The van der Waals surface area contributed by atoms with E-state index in [9.17, 15) is 9.59 Å². The van der Waals surface area contributed by atoms with Crippen LogP contribution in [0.3, 0.4) is 0 Å². The summed E-state index contributed by atoms with van der Waals surface area (Å²) in [4.78, 5) is 28.2. The topological polar surface area (TPSA) is 96.9 Å². The fourth-order valence-corrected chi connectivity index (χ4v) is 4.35. The van der Waals surface area contributed by atoms with Crippen LogP contribution in [0.4, 0.5) is 5.13 Å². The van der Waals surface area contributed by atoms with Gasteiger partial charge in [-0.2, -0.15) is 0 Å². The Kier molecular flexibility index (Phi) is 5.61. The molecule has 0 saturated heterocycles. The Balaban J connectivity index is 1.59. The molecule has 0 bridgehead atoms. The molecule has 0 atom stereocenters. The van der Waals surface area contributed by atoms with E-state index in [0.717, 1.165) is 10.2 Å². The van der Waals surface area contributed by atoms with E-state index in [2.05, 4.69) is 25.8 Å². The van der Waals surface area contributed by atoms with E-state index in [0.29, 0.717) is 14.5 Å². The molecule has 10 heteroatoms. The summed E-state index contributed by atoms with van der Waals surface area (Å²) in [7, 11) is 0. The minimum Gasteiger partial charge on any atom is -0.353 e. The number of hydrogen-bond donors (Lipinski definition) is 2. The number of amides is 2. The van der Waals surface area contributed by atoms with E-state index in [-0.39, 0.29) is 23.6 Å². The number of hydrogen-bond acceptors (Lipinski definition) is 8. The molecule has 1 aromatic carbocycles. The fourth-order valence-electron chi connectivity index (χ4n) is 1.93. The van der Waals surface area contributed by atoms with Crippen molar-refractivity contribution in [2.75, 3.05) is 11.1 Å². The first-order valence-electron chi connectivity index (χ1n) is 7.44. The number of anilines is 1. The Labute approximate surface area is 156 Å². The second-order valence-corrected chi connectivity index (χ2v) is 8.56. The van der Waals surface area contributed by atoms with E-state index in [1.807, 2.05) is 38.1 Å². The summed E-state index contributed by atoms with van der Waals surface area (Å²) in [5.41, 5.74) is 0.794. The van der Waals surface area contributed by atoms with Gasteiger partial charge in [-0.15, -0.1) is 21.5 Å². The zero-order valence-electron chi connectivity index (χ0n) is 13.5. The van der Waals surface area contributed by atoms with Crippen molar-refractivity contribution in [1.29, 1.82) is 0 Å². The number of nitrogens with one attached hydrogen (secondary N) is 2. The molecule has 0 aliphatic heterocycles. The van der Waals surface area contributed by atoms with Gasteiger partial charge in [-0.05, 0) is 26.0 Å². The highest BCUT2D eigenvalue weighted by atomic mass is 32.2. The Hall–Kier alpha value is -2.04. The van der Waals surface area contributed by atoms with Crippen molar-refractivity contribution in [2.45, 2.75) is 24.2 Å². The second kappa shape index (κ2) is 7.89. The van der Waals surface area contributed by atoms with Crippen LogP contribution in [0.25, 0.3) is 10.2 Å². The SMILES string of the molecule is CC(C)NC(=O)CSc1nnc(NC(=O)c2nc3ccccc3s2)s1. The fraction of sp³-hybridized carbons (Fsp3) is 0.267. The highest BCUT2D eigenvalue weighted by molar-refractivity contribution is 8.01. The van der Waals surface area contributed by atoms with Gasteiger partial charge < -0.3 is 5.32 Å². The number of fused-ring (bicyclic) bond motifs is 1. The van der Waals surface area contributed by atoms with Crippen molar-refractivity contribution in [3.05, 3.63) is 29.3 Å². The zero-order valence-corrected chi connectivity index (χ0v) is 15.9. The van der Waals surface area contributed by atoms with Crippen LogP contribution in [-0.4, -0.2) is 38.8 Å². The van der Waals surface area contributed by atoms with Gasteiger partial charge in [-0.25, -0.2) is 4.98 Å². The van der Waals surface area contributed by atoms with Crippen LogP contribution < -0.4 is 10.6 Å². The molecule has 2 heterocycles. The zero-order chi connectivity index (χ0) is 17.8. The monoisotopic (exact) mass is 393 g/mol. The number of carbonyl (C=O) groups is 2. The molecule has 0 aliphatic rings. The number of thioether (sulfide) groups is 1. The molecule has 2 amide bonds. The summed E-state index contributed by atoms with van der Waals surface area (Å²) in [6.07, 6.45) is 0. The van der Waals surface area contributed by atoms with Crippen molar-refractivity contribution in [3.8, 4) is 0 Å². The van der Waals surface area contributed by atoms with E-state index in [4.69, 9.17) is 0 Å². The molecule has 0 fully saturated rings. The summed E-state index contributed by atoms with van der Waals surface area (Å²) >= 11 is 3.84. The number of carbonyl (C=O) groups excluding carboxylic acids is 2. The smallest absolute Gasteiger partial charge is 0.286 e. The van der Waals surface area contributed by atoms with Gasteiger partial charge in [0.1, 0.15) is 0 Å². The average Bonchev–Trinajstić information content (AvgIpc) is 3.18. The van der Waals surface area contributed by atoms with Crippen LogP contribution >= 0.6 is 34.4 Å². The van der Waals surface area contributed by atoms with E-state index in [1.54, 1.807) is 0 Å². The number of benzene rings is 1. The maximum Gasteiger partial charge on any atom is 0.286 e. The van der Waals surface area contributed by atoms with Gasteiger partial charge in [-0.1, -0.05) is 35.2 Å². The summed E-state index contributed by atoms with van der Waals surface area (Å²) in [6.45, 7) is 3.81. The van der Waals surface area contributed by atoms with E-state index in [1.165, 1.54) is 34.4 Å². The lowest BCUT2D eigenvalue weighted by Crippen LogP contribution is -2.31. The molecule has 130 valence electrons. The van der Waals surface area contributed by atoms with Crippen LogP contribution in [0, 0.1) is 0 Å². The van der Waals surface area contributed by atoms with Crippen molar-refractivity contribution in [3.63, 3.8) is 0 Å². The normalized spacial score (nSPS) is 11.0. The third-order valence-electron chi connectivity index (χ3n) is 2.89. The maximum absolute atomic E-state index is 12.3. The van der Waals surface area contributed by atoms with Gasteiger partial charge in [0, 0.05) is 6.04 Å². The van der Waals surface area contributed by atoms with E-state index >= 15 is 0 Å². The predicted octanol–water partition coefficient (Wildman–Crippen LogP) is 3.02. The molecular weight excluding hydrogens is 378 g/mol. The Bertz CT molecular complexity index is 872. The lowest BCUT2D eigenvalue weighted by molar-refractivity contribution is -0.119. The van der Waals surface area contributed by atoms with Gasteiger partial charge in [0.2, 0.25) is 11.0 Å². The number of rotatable bonds is 6. The number of nitrogens with zero attached hydrogens (tertiary/aromatic N) is 3. The van der Waals surface area contributed by atoms with Gasteiger partial charge in [-0.3, -0.25) is 14.9 Å². The lowest BCUT2D eigenvalue weighted by atomic mass is 10.3. The number of thiazole rings is 1. The molecule has 2 N–H and O–H groups in total. The first-order chi connectivity index (χ1) is 12.0. The highest BCUT2D eigenvalue weighted by Gasteiger charge is 2.15. The third kappa shape index (κ3) is 4.74. The van der Waals surface area contributed by atoms with Crippen LogP contribution in [0.2, 0.25) is 0 Å². The van der Waals surface area contributed by atoms with Crippen molar-refractivity contribution in [2.24, 2.45) is 0 Å². The molecule has 25 heavy (non-hydrogen) atoms. The predicted molar refractivity (Wildman–Crippen MR) is 101 cm³/mol. The first-order valence-corrected chi connectivity index (χ1v) is 10.1. The molecule has 0 spiro atoms. The second-order valence-electron chi connectivity index (χ2n) is 5.32. The van der Waals surface area contributed by atoms with Crippen LogP contribution in [0.15, 0.2) is 28.6 Å². The molecule has 3 rings (SSSR count). The average molecular weight is 394 g/mol. The molecule has 0 unspecified atom stereocenters. The molecule has 3 aromatic rings. The molecule has 0 aliphatic carbocycles. The minimum absolute atomic E-state index is 0.0599. The molecule has 2 aromatic heterocycles. The van der Waals surface area contributed by atoms with Crippen molar-refractivity contribution >= 4 is 61.6 Å². The molecule has 0 saturated carbocycles. The summed E-state index contributed by atoms with van der Waals surface area (Å²) in [6, 6.07) is 7.68. The Morgan fingerprint density at radius 2 is 2.00 bits per heavy atom. The van der Waals surface area contributed by atoms with Gasteiger partial charge in [0.05, 0.1) is 16.0 Å². The van der Waals surface area contributed by atoms with Gasteiger partial charge in [0.25, 0.3) is 5.91 Å². The summed E-state index contributed by atoms with van der Waals surface area (Å²) in [5, 5.41) is 14.2. The molecular formula is C15H15N5O2S3. The van der Waals surface area contributed by atoms with Crippen molar-refractivity contribution in [1.82, 2.24) is 20.5 Å². The highest BCUT2D eigenvalue weighted by Crippen LogP contribution is 2.27. The summed E-state index contributed by atoms with van der Waals surface area (Å²) in [5.74, 6) is -0.111. The Morgan fingerprint density at radius 1 is 1.20 bits per heavy atom. The number of aromatic nitrogens is 3. The van der Waals surface area contributed by atoms with Gasteiger partial charge >= 0.3 is 0 Å². The third-order valence-corrected chi connectivity index (χ3v) is 5.90. The van der Waals surface area contributed by atoms with Crippen LogP contribution in [-0.2, 0) is 4.79 Å². The van der Waals surface area contributed by atoms with Crippen LogP contribution in [0.5, 0.6) is 0 Å². The van der Waals surface area contributed by atoms with Crippen molar-refractivity contribution < 1.29 is 9.59 Å². The first kappa shape index (κ1) is 17.8. The lowest BCUT2D eigenvalue weighted by Gasteiger charge is -2.06. The Morgan fingerprint density at radius 3 is 2.76 bits per heavy atom. The largest absolute Gasteiger partial charge is 0.353 e. The molecule has 7 nitrogen and oxygen atoms in total. The van der Waals surface area contributed by atoms with Crippen LogP contribution in [0.1, 0.15) is 23.6 Å². The maximum atomic E-state index is 12.3. The standard InChI is InChI=1S/C15H15N5O2S3/c1-8(2)16-11(21)7-23-15-20-19-14(25-15)18-12(22)13-17-9-5-3-4-6-10(9)24-13/h3-6,8H,7H2,1-2H3,(H,16,21)(H,18,19,22). The van der Waals surface area contributed by atoms with E-state index < -0.39 is 0 Å². The molecule has 0 radical (unpaired) electrons. The van der Waals surface area contributed by atoms with Gasteiger partial charge in [0.15, 0.2) is 9.35 Å². The minimum atomic E-state index is -0.313. The summed E-state index contributed by atoms with van der Waals surface area (Å²) < 4.78 is 1.58. The number of para-hydroxylation sites is 1.